The molecule has 2 N–H and O–H groups in total. The molecule has 0 saturated carbocycles. The van der Waals surface area contributed by atoms with Gasteiger partial charge in [-0.3, -0.25) is 0 Å². The molecule has 0 bridgehead atoms. The van der Waals surface area contributed by atoms with Gasteiger partial charge in [-0.25, -0.2) is 0 Å². The number of nitrogens with zero attached hydrogens (tertiary/aromatic N) is 2. The standard InChI is InChI=1S/C14H22BrN3/c1-17(2)12-6-8-18(10-12)14-4-3-11(5-7-16)9-13(14)15/h3-4,9,12H,5-8,10,16H2,1-2H3. The molecule has 1 heterocycles. The molecule has 1 aromatic rings. The van der Waals surface area contributed by atoms with Gasteiger partial charge >= 0.3 is 0 Å². The first-order chi connectivity index (χ1) is 8.61. The van der Waals surface area contributed by atoms with Gasteiger partial charge in [-0.1, -0.05) is 6.07 Å². The number of benzene rings is 1. The molecule has 18 heavy (non-hydrogen) atoms. The van der Waals surface area contributed by atoms with Crippen molar-refractivity contribution in [1.29, 1.82) is 0 Å². The van der Waals surface area contributed by atoms with E-state index in [4.69, 9.17) is 5.73 Å². The Morgan fingerprint density at radius 1 is 1.44 bits per heavy atom. The molecule has 0 aromatic heterocycles. The van der Waals surface area contributed by atoms with Crippen molar-refractivity contribution in [3.8, 4) is 0 Å². The third-order valence-electron chi connectivity index (χ3n) is 3.68. The molecule has 3 nitrogen and oxygen atoms in total. The minimum atomic E-state index is 0.667. The number of halogens is 1. The molecule has 0 amide bonds. The van der Waals surface area contributed by atoms with Gasteiger partial charge in [0, 0.05) is 23.6 Å². The van der Waals surface area contributed by atoms with E-state index in [9.17, 15) is 0 Å². The molecule has 100 valence electrons. The van der Waals surface area contributed by atoms with Crippen molar-refractivity contribution in [2.45, 2.75) is 18.9 Å². The largest absolute Gasteiger partial charge is 0.369 e. The average Bonchev–Trinajstić information content (AvgIpc) is 2.79. The predicted molar refractivity (Wildman–Crippen MR) is 81.2 cm³/mol. The Bertz CT molecular complexity index is 406. The van der Waals surface area contributed by atoms with Crippen LogP contribution < -0.4 is 10.6 Å². The van der Waals surface area contributed by atoms with Gasteiger partial charge < -0.3 is 15.5 Å². The summed E-state index contributed by atoms with van der Waals surface area (Å²) in [6.45, 7) is 2.96. The lowest BCUT2D eigenvalue weighted by Gasteiger charge is -2.23. The van der Waals surface area contributed by atoms with Gasteiger partial charge in [0.2, 0.25) is 0 Å². The van der Waals surface area contributed by atoms with E-state index < -0.39 is 0 Å². The van der Waals surface area contributed by atoms with Crippen LogP contribution in [0.4, 0.5) is 5.69 Å². The molecule has 0 radical (unpaired) electrons. The fourth-order valence-electron chi connectivity index (χ4n) is 2.51. The highest BCUT2D eigenvalue weighted by Gasteiger charge is 2.25. The molecule has 1 saturated heterocycles. The number of hydrogen-bond donors (Lipinski definition) is 1. The highest BCUT2D eigenvalue weighted by molar-refractivity contribution is 9.10. The van der Waals surface area contributed by atoms with Crippen molar-refractivity contribution < 1.29 is 0 Å². The Hall–Kier alpha value is -0.580. The molecule has 1 atom stereocenters. The van der Waals surface area contributed by atoms with Crippen LogP contribution >= 0.6 is 15.9 Å². The van der Waals surface area contributed by atoms with E-state index in [2.05, 4.69) is 58.0 Å². The van der Waals surface area contributed by atoms with Gasteiger partial charge in [0.05, 0.1) is 5.69 Å². The summed E-state index contributed by atoms with van der Waals surface area (Å²) in [4.78, 5) is 4.78. The maximum absolute atomic E-state index is 5.59. The first-order valence-corrected chi connectivity index (χ1v) is 7.31. The smallest absolute Gasteiger partial charge is 0.0511 e. The summed E-state index contributed by atoms with van der Waals surface area (Å²) >= 11 is 3.69. The van der Waals surface area contributed by atoms with Crippen LogP contribution in [0.2, 0.25) is 0 Å². The van der Waals surface area contributed by atoms with Crippen LogP contribution in [0.3, 0.4) is 0 Å². The lowest BCUT2D eigenvalue weighted by molar-refractivity contribution is 0.315. The molecule has 1 fully saturated rings. The van der Waals surface area contributed by atoms with Crippen LogP contribution in [0.25, 0.3) is 0 Å². The van der Waals surface area contributed by atoms with Crippen molar-refractivity contribution in [3.05, 3.63) is 28.2 Å². The van der Waals surface area contributed by atoms with Crippen LogP contribution in [-0.2, 0) is 6.42 Å². The summed E-state index contributed by atoms with van der Waals surface area (Å²) in [5.74, 6) is 0. The summed E-state index contributed by atoms with van der Waals surface area (Å²) in [7, 11) is 4.32. The second kappa shape index (κ2) is 6.04. The number of nitrogens with two attached hydrogens (primary N) is 1. The summed E-state index contributed by atoms with van der Waals surface area (Å²) in [5.41, 5.74) is 8.20. The summed E-state index contributed by atoms with van der Waals surface area (Å²) in [5, 5.41) is 0. The molecule has 1 unspecified atom stereocenters. The molecule has 0 aliphatic carbocycles. The zero-order valence-electron chi connectivity index (χ0n) is 11.2. The van der Waals surface area contributed by atoms with Crippen LogP contribution in [0.5, 0.6) is 0 Å². The summed E-state index contributed by atoms with van der Waals surface area (Å²) in [6, 6.07) is 7.27. The van der Waals surface area contributed by atoms with Gasteiger partial charge in [-0.2, -0.15) is 0 Å². The number of anilines is 1. The van der Waals surface area contributed by atoms with Gasteiger partial charge in [-0.05, 0) is 67.1 Å². The Morgan fingerprint density at radius 3 is 2.78 bits per heavy atom. The molecule has 1 aliphatic heterocycles. The third kappa shape index (κ3) is 3.05. The molecule has 0 spiro atoms. The van der Waals surface area contributed by atoms with Crippen LogP contribution in [-0.4, -0.2) is 44.7 Å². The maximum Gasteiger partial charge on any atom is 0.0511 e. The zero-order valence-corrected chi connectivity index (χ0v) is 12.8. The minimum absolute atomic E-state index is 0.667. The van der Waals surface area contributed by atoms with Crippen molar-refractivity contribution in [3.63, 3.8) is 0 Å². The van der Waals surface area contributed by atoms with E-state index in [1.54, 1.807) is 0 Å². The van der Waals surface area contributed by atoms with E-state index >= 15 is 0 Å². The Balaban J connectivity index is 2.10. The first kappa shape index (κ1) is 13.8. The highest BCUT2D eigenvalue weighted by atomic mass is 79.9. The monoisotopic (exact) mass is 311 g/mol. The second-order valence-electron chi connectivity index (χ2n) is 5.18. The van der Waals surface area contributed by atoms with Crippen molar-refractivity contribution in [2.75, 3.05) is 38.6 Å². The lowest BCUT2D eigenvalue weighted by Crippen LogP contribution is -2.31. The molecule has 1 aromatic carbocycles. The van der Waals surface area contributed by atoms with E-state index in [-0.39, 0.29) is 0 Å². The summed E-state index contributed by atoms with van der Waals surface area (Å²) < 4.78 is 1.19. The van der Waals surface area contributed by atoms with Gasteiger partial charge in [0.15, 0.2) is 0 Å². The zero-order chi connectivity index (χ0) is 13.1. The predicted octanol–water partition coefficient (Wildman–Crippen LogP) is 2.09. The number of likely N-dealkylation sites (N-methyl/N-ethyl adjacent to an activating group) is 1. The topological polar surface area (TPSA) is 32.5 Å². The molecule has 2 rings (SSSR count). The SMILES string of the molecule is CN(C)C1CCN(c2ccc(CCN)cc2Br)C1. The second-order valence-corrected chi connectivity index (χ2v) is 6.03. The Morgan fingerprint density at radius 2 is 2.22 bits per heavy atom. The fraction of sp³-hybridized carbons (Fsp3) is 0.571. The van der Waals surface area contributed by atoms with Gasteiger partial charge in [0.25, 0.3) is 0 Å². The van der Waals surface area contributed by atoms with E-state index in [0.717, 1.165) is 19.5 Å². The fourth-order valence-corrected chi connectivity index (χ4v) is 3.19. The molecular weight excluding hydrogens is 290 g/mol. The van der Waals surface area contributed by atoms with E-state index in [0.29, 0.717) is 12.6 Å². The van der Waals surface area contributed by atoms with Crippen molar-refractivity contribution in [1.82, 2.24) is 4.90 Å². The van der Waals surface area contributed by atoms with Crippen molar-refractivity contribution >= 4 is 21.6 Å². The van der Waals surface area contributed by atoms with Crippen LogP contribution in [0, 0.1) is 0 Å². The lowest BCUT2D eigenvalue weighted by atomic mass is 10.1. The number of rotatable bonds is 4. The highest BCUT2D eigenvalue weighted by Crippen LogP contribution is 2.30. The molecule has 4 heteroatoms. The first-order valence-electron chi connectivity index (χ1n) is 6.51. The Kier molecular flexibility index (Phi) is 4.65. The van der Waals surface area contributed by atoms with E-state index in [1.165, 1.54) is 22.1 Å². The normalized spacial score (nSPS) is 19.8. The quantitative estimate of drug-likeness (QED) is 0.924. The number of hydrogen-bond acceptors (Lipinski definition) is 3. The minimum Gasteiger partial charge on any atom is -0.369 e. The maximum atomic E-state index is 5.59. The van der Waals surface area contributed by atoms with E-state index in [1.807, 2.05) is 0 Å². The van der Waals surface area contributed by atoms with Crippen molar-refractivity contribution in [2.24, 2.45) is 5.73 Å². The van der Waals surface area contributed by atoms with Gasteiger partial charge in [-0.15, -0.1) is 0 Å². The van der Waals surface area contributed by atoms with Gasteiger partial charge in [0.1, 0.15) is 0 Å². The molecular formula is C14H22BrN3. The molecule has 1 aliphatic rings. The van der Waals surface area contributed by atoms with Crippen LogP contribution in [0.1, 0.15) is 12.0 Å². The third-order valence-corrected chi connectivity index (χ3v) is 4.31. The Labute approximate surface area is 118 Å². The van der Waals surface area contributed by atoms with Crippen LogP contribution in [0.15, 0.2) is 22.7 Å². The summed E-state index contributed by atoms with van der Waals surface area (Å²) in [6.07, 6.45) is 2.18. The average molecular weight is 312 g/mol.